The van der Waals surface area contributed by atoms with Crippen LogP contribution in [0.1, 0.15) is 45.1 Å². The molecule has 2 aliphatic rings. The lowest BCUT2D eigenvalue weighted by Gasteiger charge is -2.40. The summed E-state index contributed by atoms with van der Waals surface area (Å²) in [5.74, 6) is 1.15. The summed E-state index contributed by atoms with van der Waals surface area (Å²) in [6, 6.07) is 9.70. The van der Waals surface area contributed by atoms with Crippen molar-refractivity contribution in [1.82, 2.24) is 24.8 Å². The summed E-state index contributed by atoms with van der Waals surface area (Å²) in [5.41, 5.74) is 2.52. The van der Waals surface area contributed by atoms with Crippen LogP contribution in [-0.4, -0.2) is 81.1 Å². The average molecular weight is 614 g/mol. The molecule has 2 saturated heterocycles. The first-order valence-corrected chi connectivity index (χ1v) is 15.5. The monoisotopic (exact) mass is 612 g/mol. The Bertz CT molecular complexity index is 1350. The van der Waals surface area contributed by atoms with Crippen molar-refractivity contribution < 1.29 is 14.6 Å². The van der Waals surface area contributed by atoms with Crippen molar-refractivity contribution in [2.45, 2.75) is 52.1 Å². The number of anilines is 1. The second kappa shape index (κ2) is 14.0. The van der Waals surface area contributed by atoms with E-state index in [2.05, 4.69) is 38.5 Å². The van der Waals surface area contributed by atoms with Gasteiger partial charge >= 0.3 is 5.97 Å². The Kier molecular flexibility index (Phi) is 10.2. The Balaban J connectivity index is 1.35. The maximum atomic E-state index is 11.1. The van der Waals surface area contributed by atoms with Gasteiger partial charge in [-0.2, -0.15) is 0 Å². The molecule has 0 spiro atoms. The molecule has 0 aliphatic carbocycles. The molecule has 2 aliphatic heterocycles. The fourth-order valence-corrected chi connectivity index (χ4v) is 6.38. The van der Waals surface area contributed by atoms with Crippen LogP contribution in [-0.2, 0) is 11.3 Å². The van der Waals surface area contributed by atoms with Gasteiger partial charge in [-0.3, -0.25) is 14.6 Å². The SMILES string of the molecule is CC[C@H]1CN(CC)CCN1c1ncc(Oc2cc(CN3CCC(CC(=O)O)CC3)cc(-c3cc(Cl)cc(Cl)c3)n2)cn1. The number of aromatic nitrogens is 3. The summed E-state index contributed by atoms with van der Waals surface area (Å²) in [6.07, 6.45) is 6.41. The zero-order chi connectivity index (χ0) is 29.6. The molecule has 3 aromatic rings. The van der Waals surface area contributed by atoms with Crippen molar-refractivity contribution in [2.24, 2.45) is 5.92 Å². The van der Waals surface area contributed by atoms with Gasteiger partial charge < -0.3 is 14.7 Å². The van der Waals surface area contributed by atoms with Gasteiger partial charge in [-0.25, -0.2) is 15.0 Å². The Morgan fingerprint density at radius 2 is 1.69 bits per heavy atom. The predicted molar refractivity (Wildman–Crippen MR) is 166 cm³/mol. The summed E-state index contributed by atoms with van der Waals surface area (Å²) in [7, 11) is 0. The van der Waals surface area contributed by atoms with Crippen molar-refractivity contribution in [3.05, 3.63) is 58.3 Å². The summed E-state index contributed by atoms with van der Waals surface area (Å²) in [4.78, 5) is 32.3. The number of carboxylic acid groups (broad SMARTS) is 1. The number of benzene rings is 1. The number of hydrogen-bond donors (Lipinski definition) is 1. The highest BCUT2D eigenvalue weighted by Crippen LogP contribution is 2.31. The molecule has 4 heterocycles. The molecule has 1 N–H and O–H groups in total. The van der Waals surface area contributed by atoms with E-state index in [0.717, 1.165) is 69.7 Å². The van der Waals surface area contributed by atoms with Gasteiger partial charge in [-0.1, -0.05) is 37.0 Å². The molecular formula is C31H38Cl2N6O3. The normalized spacial score (nSPS) is 18.8. The number of likely N-dealkylation sites (tertiary alicyclic amines) is 1. The van der Waals surface area contributed by atoms with E-state index in [-0.39, 0.29) is 12.3 Å². The molecule has 1 aromatic carbocycles. The molecule has 0 amide bonds. The molecule has 9 nitrogen and oxygen atoms in total. The lowest BCUT2D eigenvalue weighted by atomic mass is 9.93. The van der Waals surface area contributed by atoms with Crippen LogP contribution in [0.2, 0.25) is 10.0 Å². The Hall–Kier alpha value is -2.98. The number of halogens is 2. The highest BCUT2D eigenvalue weighted by atomic mass is 35.5. The quantitative estimate of drug-likeness (QED) is 0.285. The molecule has 0 bridgehead atoms. The van der Waals surface area contributed by atoms with Gasteiger partial charge in [0.2, 0.25) is 11.8 Å². The van der Waals surface area contributed by atoms with Crippen LogP contribution < -0.4 is 9.64 Å². The number of likely N-dealkylation sites (N-methyl/N-ethyl adjacent to an activating group) is 1. The number of carboxylic acids is 1. The third-order valence-electron chi connectivity index (χ3n) is 8.18. The van der Waals surface area contributed by atoms with Crippen LogP contribution in [0.5, 0.6) is 11.6 Å². The summed E-state index contributed by atoms with van der Waals surface area (Å²) in [5, 5.41) is 10.2. The smallest absolute Gasteiger partial charge is 0.303 e. The van der Waals surface area contributed by atoms with E-state index >= 15 is 0 Å². The fourth-order valence-electron chi connectivity index (χ4n) is 5.86. The van der Waals surface area contributed by atoms with Gasteiger partial charge in [0.1, 0.15) is 0 Å². The van der Waals surface area contributed by atoms with Crippen molar-refractivity contribution in [1.29, 1.82) is 0 Å². The summed E-state index contributed by atoms with van der Waals surface area (Å²) >= 11 is 12.6. The van der Waals surface area contributed by atoms with Crippen LogP contribution in [0.25, 0.3) is 11.3 Å². The molecule has 2 aromatic heterocycles. The maximum Gasteiger partial charge on any atom is 0.303 e. The lowest BCUT2D eigenvalue weighted by molar-refractivity contribution is -0.138. The van der Waals surface area contributed by atoms with Gasteiger partial charge in [0.15, 0.2) is 5.75 Å². The van der Waals surface area contributed by atoms with Gasteiger partial charge in [-0.15, -0.1) is 0 Å². The van der Waals surface area contributed by atoms with Gasteiger partial charge in [0.25, 0.3) is 0 Å². The Morgan fingerprint density at radius 1 is 0.976 bits per heavy atom. The number of carbonyl (C=O) groups is 1. The fraction of sp³-hybridized carbons (Fsp3) is 0.484. The van der Waals surface area contributed by atoms with Crippen molar-refractivity contribution in [2.75, 3.05) is 44.2 Å². The summed E-state index contributed by atoms with van der Waals surface area (Å²) in [6.45, 7) is 10.7. The van der Waals surface area contributed by atoms with Crippen molar-refractivity contribution >= 4 is 35.1 Å². The van der Waals surface area contributed by atoms with Crippen LogP contribution >= 0.6 is 23.2 Å². The zero-order valence-corrected chi connectivity index (χ0v) is 25.7. The van der Waals surface area contributed by atoms with Crippen LogP contribution in [0.15, 0.2) is 42.7 Å². The van der Waals surface area contributed by atoms with Crippen molar-refractivity contribution in [3.63, 3.8) is 0 Å². The van der Waals surface area contributed by atoms with E-state index in [1.54, 1.807) is 18.5 Å². The van der Waals surface area contributed by atoms with E-state index in [9.17, 15) is 4.79 Å². The number of piperidine rings is 1. The molecular weight excluding hydrogens is 575 g/mol. The number of piperazine rings is 1. The predicted octanol–water partition coefficient (Wildman–Crippen LogP) is 6.24. The minimum absolute atomic E-state index is 0.227. The van der Waals surface area contributed by atoms with E-state index < -0.39 is 5.97 Å². The molecule has 42 heavy (non-hydrogen) atoms. The molecule has 1 atom stereocenters. The maximum absolute atomic E-state index is 11.1. The minimum atomic E-state index is -0.726. The second-order valence-corrected chi connectivity index (χ2v) is 12.0. The molecule has 0 radical (unpaired) electrons. The second-order valence-electron chi connectivity index (χ2n) is 11.1. The average Bonchev–Trinajstić information content (AvgIpc) is 2.97. The Morgan fingerprint density at radius 3 is 2.33 bits per heavy atom. The summed E-state index contributed by atoms with van der Waals surface area (Å²) < 4.78 is 6.21. The third kappa shape index (κ3) is 7.89. The number of aliphatic carboxylic acids is 1. The Labute approximate surface area is 257 Å². The first-order chi connectivity index (χ1) is 20.3. The van der Waals surface area contributed by atoms with E-state index in [1.165, 1.54) is 0 Å². The third-order valence-corrected chi connectivity index (χ3v) is 8.61. The van der Waals surface area contributed by atoms with Crippen LogP contribution in [0.4, 0.5) is 5.95 Å². The molecule has 224 valence electrons. The number of nitrogens with zero attached hydrogens (tertiary/aromatic N) is 6. The highest BCUT2D eigenvalue weighted by Gasteiger charge is 2.27. The highest BCUT2D eigenvalue weighted by molar-refractivity contribution is 6.35. The molecule has 2 fully saturated rings. The van der Waals surface area contributed by atoms with Gasteiger partial charge in [0.05, 0.1) is 18.1 Å². The molecule has 11 heteroatoms. The topological polar surface area (TPSA) is 94.9 Å². The number of rotatable bonds is 10. The first kappa shape index (κ1) is 30.5. The van der Waals surface area contributed by atoms with E-state index in [1.807, 2.05) is 24.3 Å². The van der Waals surface area contributed by atoms with E-state index in [0.29, 0.717) is 45.9 Å². The van der Waals surface area contributed by atoms with E-state index in [4.69, 9.17) is 38.0 Å². The number of ether oxygens (including phenoxy) is 1. The van der Waals surface area contributed by atoms with Crippen LogP contribution in [0, 0.1) is 5.92 Å². The zero-order valence-electron chi connectivity index (χ0n) is 24.2. The minimum Gasteiger partial charge on any atom is -0.481 e. The number of pyridine rings is 1. The largest absolute Gasteiger partial charge is 0.481 e. The lowest BCUT2D eigenvalue weighted by Crippen LogP contribution is -2.53. The van der Waals surface area contributed by atoms with Gasteiger partial charge in [-0.05, 0) is 74.6 Å². The first-order valence-electron chi connectivity index (χ1n) is 14.7. The number of hydrogen-bond acceptors (Lipinski definition) is 8. The van der Waals surface area contributed by atoms with Gasteiger partial charge in [0, 0.05) is 60.3 Å². The molecule has 5 rings (SSSR count). The van der Waals surface area contributed by atoms with Crippen molar-refractivity contribution in [3.8, 4) is 22.9 Å². The molecule has 0 saturated carbocycles. The molecule has 0 unspecified atom stereocenters. The van der Waals surface area contributed by atoms with Crippen LogP contribution in [0.3, 0.4) is 0 Å². The standard InChI is InChI=1S/C31H38Cl2N6O3/c1-3-26-20-37(4-2)9-10-39(26)31-34-17-27(18-35-31)42-29-12-22(19-38-7-5-21(6-8-38)13-30(40)41)11-28(36-29)23-14-24(32)16-25(33)15-23/h11-12,14-18,21,26H,3-10,13,19-20H2,1-2H3,(H,40,41)/t26-/m0/s1.